The molecule has 0 aliphatic carbocycles. The molecule has 7 heteroatoms. The molecule has 6 nitrogen and oxygen atoms in total. The van der Waals surface area contributed by atoms with Gasteiger partial charge in [0.25, 0.3) is 0 Å². The lowest BCUT2D eigenvalue weighted by atomic mass is 10.1. The van der Waals surface area contributed by atoms with Crippen molar-refractivity contribution in [2.75, 3.05) is 25.0 Å². The minimum Gasteiger partial charge on any atom is -0.377 e. The molecule has 1 heterocycles. The average molecular weight is 417 g/mol. The van der Waals surface area contributed by atoms with Gasteiger partial charge in [-0.05, 0) is 57.0 Å². The van der Waals surface area contributed by atoms with E-state index in [4.69, 9.17) is 4.74 Å². The number of anilines is 1. The number of Topliss-reactive ketones (excluding diaryl/α,β-unsaturated/α-hetero) is 1. The molecular formula is C22H28N2O4S. The van der Waals surface area contributed by atoms with Crippen LogP contribution in [0.1, 0.15) is 35.3 Å². The second kappa shape index (κ2) is 8.65. The van der Waals surface area contributed by atoms with Crippen LogP contribution in [0.5, 0.6) is 0 Å². The van der Waals surface area contributed by atoms with Crippen molar-refractivity contribution < 1.29 is 17.9 Å². The molecule has 2 aromatic carbocycles. The molecule has 1 saturated heterocycles. The van der Waals surface area contributed by atoms with E-state index in [9.17, 15) is 13.2 Å². The summed E-state index contributed by atoms with van der Waals surface area (Å²) in [4.78, 5) is 12.8. The van der Waals surface area contributed by atoms with E-state index in [2.05, 4.69) is 5.32 Å². The topological polar surface area (TPSA) is 75.7 Å². The molecule has 29 heavy (non-hydrogen) atoms. The maximum absolute atomic E-state index is 13.1. The molecule has 0 spiro atoms. The van der Waals surface area contributed by atoms with Gasteiger partial charge in [0.05, 0.1) is 23.6 Å². The summed E-state index contributed by atoms with van der Waals surface area (Å²) < 4.78 is 33.2. The number of morpholine rings is 1. The molecular weight excluding hydrogens is 388 g/mol. The molecule has 2 atom stereocenters. The van der Waals surface area contributed by atoms with E-state index in [1.807, 2.05) is 45.9 Å². The molecule has 0 bridgehead atoms. The first-order chi connectivity index (χ1) is 13.7. The van der Waals surface area contributed by atoms with Crippen molar-refractivity contribution in [3.05, 3.63) is 59.2 Å². The van der Waals surface area contributed by atoms with E-state index in [0.717, 1.165) is 16.8 Å². The summed E-state index contributed by atoms with van der Waals surface area (Å²) in [5, 5.41) is 3.16. The summed E-state index contributed by atoms with van der Waals surface area (Å²) in [6, 6.07) is 12.2. The fourth-order valence-electron chi connectivity index (χ4n) is 3.53. The highest BCUT2D eigenvalue weighted by Crippen LogP contribution is 2.22. The maximum Gasteiger partial charge on any atom is 0.243 e. The number of benzene rings is 2. The van der Waals surface area contributed by atoms with Crippen LogP contribution in [0.2, 0.25) is 0 Å². The van der Waals surface area contributed by atoms with Crippen LogP contribution in [0, 0.1) is 13.8 Å². The summed E-state index contributed by atoms with van der Waals surface area (Å²) in [6.45, 7) is 8.44. The van der Waals surface area contributed by atoms with Crippen LogP contribution < -0.4 is 5.32 Å². The van der Waals surface area contributed by atoms with E-state index < -0.39 is 10.0 Å². The van der Waals surface area contributed by atoms with Crippen LogP contribution in [-0.2, 0) is 14.8 Å². The first-order valence-corrected chi connectivity index (χ1v) is 11.2. The number of rotatable bonds is 6. The Bertz CT molecular complexity index is 994. The van der Waals surface area contributed by atoms with Crippen LogP contribution >= 0.6 is 0 Å². The van der Waals surface area contributed by atoms with Gasteiger partial charge in [-0.3, -0.25) is 4.79 Å². The number of ether oxygens (including phenoxy) is 1. The van der Waals surface area contributed by atoms with Gasteiger partial charge in [-0.15, -0.1) is 0 Å². The summed E-state index contributed by atoms with van der Waals surface area (Å²) in [7, 11) is -3.68. The number of carbonyl (C=O) groups excluding carboxylic acids is 1. The van der Waals surface area contributed by atoms with E-state index in [0.29, 0.717) is 18.7 Å². The number of nitrogens with zero attached hydrogens (tertiary/aromatic N) is 1. The second-order valence-electron chi connectivity index (χ2n) is 7.63. The van der Waals surface area contributed by atoms with Crippen molar-refractivity contribution in [1.29, 1.82) is 0 Å². The molecule has 1 fully saturated rings. The quantitative estimate of drug-likeness (QED) is 0.731. The van der Waals surface area contributed by atoms with Gasteiger partial charge in [0, 0.05) is 24.3 Å². The largest absolute Gasteiger partial charge is 0.377 e. The Morgan fingerprint density at radius 3 is 2.45 bits per heavy atom. The van der Waals surface area contributed by atoms with Gasteiger partial charge in [0.2, 0.25) is 10.0 Å². The molecule has 3 rings (SSSR count). The van der Waals surface area contributed by atoms with E-state index >= 15 is 0 Å². The third kappa shape index (κ3) is 4.86. The Morgan fingerprint density at radius 1 is 1.10 bits per heavy atom. The molecule has 0 saturated carbocycles. The Balaban J connectivity index is 1.76. The number of sulfonamides is 1. The first-order valence-electron chi connectivity index (χ1n) is 9.77. The molecule has 2 aromatic rings. The van der Waals surface area contributed by atoms with Crippen molar-refractivity contribution in [3.63, 3.8) is 0 Å². The summed E-state index contributed by atoms with van der Waals surface area (Å²) >= 11 is 0. The van der Waals surface area contributed by atoms with Gasteiger partial charge in [0.1, 0.15) is 0 Å². The van der Waals surface area contributed by atoms with Gasteiger partial charge < -0.3 is 10.1 Å². The summed E-state index contributed by atoms with van der Waals surface area (Å²) in [6.07, 6.45) is -0.333. The number of ketones is 1. The molecule has 1 aliphatic rings. The Hall–Kier alpha value is -2.22. The summed E-state index contributed by atoms with van der Waals surface area (Å²) in [5.41, 5.74) is 3.51. The highest BCUT2D eigenvalue weighted by atomic mass is 32.2. The third-order valence-electron chi connectivity index (χ3n) is 5.22. The van der Waals surface area contributed by atoms with Crippen LogP contribution in [-0.4, -0.2) is 50.3 Å². The molecule has 2 unspecified atom stereocenters. The van der Waals surface area contributed by atoms with Gasteiger partial charge >= 0.3 is 0 Å². The van der Waals surface area contributed by atoms with Crippen LogP contribution in [0.25, 0.3) is 0 Å². The number of hydrogen-bond acceptors (Lipinski definition) is 5. The SMILES string of the molecule is Cc1cccc(NCC(=O)c2cccc(S(=O)(=O)N3CC(C)OC(C)C3)c2)c1C. The smallest absolute Gasteiger partial charge is 0.243 e. The van der Waals surface area contributed by atoms with Crippen molar-refractivity contribution in [2.24, 2.45) is 0 Å². The molecule has 1 aliphatic heterocycles. The molecule has 0 amide bonds. The highest BCUT2D eigenvalue weighted by molar-refractivity contribution is 7.89. The number of hydrogen-bond donors (Lipinski definition) is 1. The Labute approximate surface area is 172 Å². The maximum atomic E-state index is 13.1. The first kappa shape index (κ1) is 21.5. The minimum absolute atomic E-state index is 0.0966. The Morgan fingerprint density at radius 2 is 1.76 bits per heavy atom. The number of aryl methyl sites for hydroxylation is 1. The lowest BCUT2D eigenvalue weighted by molar-refractivity contribution is -0.0440. The zero-order valence-electron chi connectivity index (χ0n) is 17.3. The van der Waals surface area contributed by atoms with Gasteiger partial charge in [0.15, 0.2) is 5.78 Å². The zero-order valence-corrected chi connectivity index (χ0v) is 18.1. The standard InChI is InChI=1S/C22H28N2O4S/c1-15-7-5-10-21(18(15)4)23-12-22(25)19-8-6-9-20(11-19)29(26,27)24-13-16(2)28-17(3)14-24/h5-11,16-17,23H,12-14H2,1-4H3. The number of nitrogens with one attached hydrogen (secondary N) is 1. The third-order valence-corrected chi connectivity index (χ3v) is 7.05. The predicted molar refractivity (Wildman–Crippen MR) is 114 cm³/mol. The lowest BCUT2D eigenvalue weighted by Crippen LogP contribution is -2.48. The van der Waals surface area contributed by atoms with E-state index in [1.165, 1.54) is 16.4 Å². The monoisotopic (exact) mass is 416 g/mol. The van der Waals surface area contributed by atoms with Crippen molar-refractivity contribution in [2.45, 2.75) is 44.8 Å². The zero-order chi connectivity index (χ0) is 21.2. The molecule has 156 valence electrons. The molecule has 0 radical (unpaired) electrons. The normalized spacial score (nSPS) is 20.4. The average Bonchev–Trinajstić information content (AvgIpc) is 2.68. The fraction of sp³-hybridized carbons (Fsp3) is 0.409. The van der Waals surface area contributed by atoms with Gasteiger partial charge in [-0.2, -0.15) is 4.31 Å². The lowest BCUT2D eigenvalue weighted by Gasteiger charge is -2.34. The molecule has 0 aromatic heterocycles. The van der Waals surface area contributed by atoms with E-state index in [-0.39, 0.29) is 29.4 Å². The predicted octanol–water partition coefficient (Wildman–Crippen LogP) is 3.40. The van der Waals surface area contributed by atoms with Crippen LogP contribution in [0.4, 0.5) is 5.69 Å². The fourth-order valence-corrected chi connectivity index (χ4v) is 5.16. The number of carbonyl (C=O) groups is 1. The second-order valence-corrected chi connectivity index (χ2v) is 9.57. The van der Waals surface area contributed by atoms with Crippen molar-refractivity contribution >= 4 is 21.5 Å². The minimum atomic E-state index is -3.68. The van der Waals surface area contributed by atoms with E-state index in [1.54, 1.807) is 12.1 Å². The summed E-state index contributed by atoms with van der Waals surface area (Å²) in [5.74, 6) is -0.160. The van der Waals surface area contributed by atoms with Crippen molar-refractivity contribution in [1.82, 2.24) is 4.31 Å². The van der Waals surface area contributed by atoms with Crippen LogP contribution in [0.3, 0.4) is 0 Å². The van der Waals surface area contributed by atoms with Crippen molar-refractivity contribution in [3.8, 4) is 0 Å². The van der Waals surface area contributed by atoms with Gasteiger partial charge in [-0.25, -0.2) is 8.42 Å². The van der Waals surface area contributed by atoms with Gasteiger partial charge in [-0.1, -0.05) is 24.3 Å². The molecule has 1 N–H and O–H groups in total. The Kier molecular flexibility index (Phi) is 6.41. The van der Waals surface area contributed by atoms with Crippen LogP contribution in [0.15, 0.2) is 47.4 Å². The highest BCUT2D eigenvalue weighted by Gasteiger charge is 2.32.